The molecule has 2 fully saturated rings. The van der Waals surface area contributed by atoms with E-state index in [1.807, 2.05) is 0 Å². The molecule has 2 aliphatic heterocycles. The number of primary amides is 1. The summed E-state index contributed by atoms with van der Waals surface area (Å²) in [5, 5.41) is 0. The molecule has 108 valence electrons. The number of hydrogen-bond donors (Lipinski definition) is 1. The third kappa shape index (κ3) is 3.26. The minimum atomic E-state index is -1.05. The van der Waals surface area contributed by atoms with Gasteiger partial charge in [-0.05, 0) is 11.5 Å². The van der Waals surface area contributed by atoms with Crippen molar-refractivity contribution >= 4 is 20.7 Å². The van der Waals surface area contributed by atoms with Crippen LogP contribution in [0.15, 0.2) is 0 Å². The highest BCUT2D eigenvalue weighted by Crippen LogP contribution is 2.51. The van der Waals surface area contributed by atoms with Crippen molar-refractivity contribution in [2.75, 3.05) is 0 Å². The molecule has 0 aromatic heterocycles. The Hall–Kier alpha value is -0.248. The van der Waals surface area contributed by atoms with Crippen LogP contribution in [0.5, 0.6) is 0 Å². The molecule has 2 bridgehead atoms. The highest BCUT2D eigenvalue weighted by molar-refractivity contribution is 6.77. The lowest BCUT2D eigenvalue weighted by atomic mass is 9.24. The predicted octanol–water partition coefficient (Wildman–Crippen LogP) is 4.03. The lowest BCUT2D eigenvalue weighted by Crippen LogP contribution is -2.46. The topological polar surface area (TPSA) is 43.1 Å². The van der Waals surface area contributed by atoms with Crippen molar-refractivity contribution in [1.82, 2.24) is 0 Å². The summed E-state index contributed by atoms with van der Waals surface area (Å²) in [5.74, 6) is 1.55. The monoisotopic (exact) mass is 279 g/mol. The Kier molecular flexibility index (Phi) is 4.49. The van der Waals surface area contributed by atoms with E-state index in [0.717, 1.165) is 11.4 Å². The van der Waals surface area contributed by atoms with Gasteiger partial charge in [-0.25, -0.2) is 0 Å². The first-order valence-electron chi connectivity index (χ1n) is 8.10. The number of carbonyl (C=O) groups excluding carboxylic acids is 1. The van der Waals surface area contributed by atoms with E-state index in [-0.39, 0.29) is 11.7 Å². The normalized spacial score (nSPS) is 33.1. The second-order valence-electron chi connectivity index (χ2n) is 8.12. The molecular weight excluding hydrogens is 249 g/mol. The van der Waals surface area contributed by atoms with Crippen LogP contribution in [0.1, 0.15) is 39.0 Å². The Morgan fingerprint density at radius 2 is 2.00 bits per heavy atom. The molecule has 2 N–H and O–H groups in total. The third-order valence-electron chi connectivity index (χ3n) is 6.06. The number of fused-ring (bicyclic) bond motifs is 2. The van der Waals surface area contributed by atoms with E-state index in [4.69, 9.17) is 5.73 Å². The molecule has 4 atom stereocenters. The first-order chi connectivity index (χ1) is 8.80. The van der Waals surface area contributed by atoms with Crippen molar-refractivity contribution in [3.8, 4) is 0 Å². The van der Waals surface area contributed by atoms with Crippen LogP contribution in [0.4, 0.5) is 0 Å². The van der Waals surface area contributed by atoms with Gasteiger partial charge in [0.15, 0.2) is 6.71 Å². The summed E-state index contributed by atoms with van der Waals surface area (Å²) in [6.07, 6.45) is 7.71. The van der Waals surface area contributed by atoms with E-state index in [9.17, 15) is 4.79 Å². The standard InChI is InChI=1S/C15H30BNOSi/c1-11(19(2,3)4)10-13-8-7-12-6-5-9-16(13)14(12)15(17)18/h11-14H,5-10H2,1-4H3,(H2,17,18). The number of nitrogens with two attached hydrogens (primary N) is 1. The predicted molar refractivity (Wildman–Crippen MR) is 86.6 cm³/mol. The zero-order chi connectivity index (χ0) is 14.2. The Labute approximate surface area is 120 Å². The Bertz CT molecular complexity index is 342. The summed E-state index contributed by atoms with van der Waals surface area (Å²) in [4.78, 5) is 11.8. The molecule has 0 spiro atoms. The summed E-state index contributed by atoms with van der Waals surface area (Å²) >= 11 is 0. The van der Waals surface area contributed by atoms with Crippen molar-refractivity contribution in [3.05, 3.63) is 0 Å². The zero-order valence-electron chi connectivity index (χ0n) is 13.1. The van der Waals surface area contributed by atoms with Gasteiger partial charge in [0.05, 0.1) is 0 Å². The highest BCUT2D eigenvalue weighted by atomic mass is 28.3. The van der Waals surface area contributed by atoms with Crippen LogP contribution < -0.4 is 5.73 Å². The van der Waals surface area contributed by atoms with Crippen LogP contribution in [0.2, 0.25) is 43.1 Å². The van der Waals surface area contributed by atoms with E-state index < -0.39 is 8.07 Å². The van der Waals surface area contributed by atoms with Crippen molar-refractivity contribution < 1.29 is 4.79 Å². The van der Waals surface area contributed by atoms with E-state index in [1.165, 1.54) is 38.4 Å². The van der Waals surface area contributed by atoms with Crippen molar-refractivity contribution in [1.29, 1.82) is 0 Å². The zero-order valence-corrected chi connectivity index (χ0v) is 14.1. The van der Waals surface area contributed by atoms with Crippen LogP contribution in [0.25, 0.3) is 0 Å². The molecule has 0 aliphatic carbocycles. The molecule has 1 amide bonds. The van der Waals surface area contributed by atoms with Gasteiger partial charge in [0.2, 0.25) is 5.91 Å². The summed E-state index contributed by atoms with van der Waals surface area (Å²) in [5.41, 5.74) is 6.56. The van der Waals surface area contributed by atoms with E-state index in [2.05, 4.69) is 26.6 Å². The molecule has 0 radical (unpaired) electrons. The molecule has 2 aliphatic rings. The molecule has 2 nitrogen and oxygen atoms in total. The van der Waals surface area contributed by atoms with Gasteiger partial charge in [-0.15, -0.1) is 0 Å². The fourth-order valence-electron chi connectivity index (χ4n) is 4.36. The van der Waals surface area contributed by atoms with Gasteiger partial charge in [-0.1, -0.05) is 70.8 Å². The number of amides is 1. The maximum atomic E-state index is 11.8. The van der Waals surface area contributed by atoms with Crippen molar-refractivity contribution in [3.63, 3.8) is 0 Å². The Morgan fingerprint density at radius 3 is 2.58 bits per heavy atom. The number of hydrogen-bond acceptors (Lipinski definition) is 1. The second-order valence-corrected chi connectivity index (χ2v) is 13.8. The van der Waals surface area contributed by atoms with E-state index >= 15 is 0 Å². The maximum absolute atomic E-state index is 11.8. The van der Waals surface area contributed by atoms with Gasteiger partial charge >= 0.3 is 0 Å². The molecule has 4 unspecified atom stereocenters. The lowest BCUT2D eigenvalue weighted by molar-refractivity contribution is -0.119. The lowest BCUT2D eigenvalue weighted by Gasteiger charge is -2.45. The fourth-order valence-corrected chi connectivity index (χ4v) is 5.37. The molecule has 2 saturated heterocycles. The van der Waals surface area contributed by atoms with Crippen molar-refractivity contribution in [2.45, 2.75) is 82.2 Å². The van der Waals surface area contributed by atoms with Gasteiger partial charge in [0.25, 0.3) is 0 Å². The number of rotatable bonds is 4. The molecule has 0 aromatic carbocycles. The molecule has 19 heavy (non-hydrogen) atoms. The van der Waals surface area contributed by atoms with Gasteiger partial charge in [-0.2, -0.15) is 0 Å². The molecule has 0 saturated carbocycles. The minimum absolute atomic E-state index is 0.0138. The number of carbonyl (C=O) groups is 1. The Morgan fingerprint density at radius 1 is 1.32 bits per heavy atom. The van der Waals surface area contributed by atoms with Crippen LogP contribution in [0.3, 0.4) is 0 Å². The SMILES string of the molecule is CC(CC1CCC2CCCB1C2C(N)=O)[Si](C)(C)C. The van der Waals surface area contributed by atoms with E-state index in [1.54, 1.807) is 0 Å². The average molecular weight is 279 g/mol. The second kappa shape index (κ2) is 5.63. The third-order valence-corrected chi connectivity index (χ3v) is 9.25. The van der Waals surface area contributed by atoms with Crippen LogP contribution in [-0.4, -0.2) is 20.7 Å². The highest BCUT2D eigenvalue weighted by Gasteiger charge is 2.47. The summed E-state index contributed by atoms with van der Waals surface area (Å²) in [7, 11) is -1.05. The van der Waals surface area contributed by atoms with Gasteiger partial charge in [0, 0.05) is 13.9 Å². The van der Waals surface area contributed by atoms with Crippen LogP contribution in [-0.2, 0) is 4.79 Å². The quantitative estimate of drug-likeness (QED) is 0.776. The molecular formula is C15H30BNOSi. The average Bonchev–Trinajstić information content (AvgIpc) is 2.30. The summed E-state index contributed by atoms with van der Waals surface area (Å²) < 4.78 is 0. The van der Waals surface area contributed by atoms with Crippen molar-refractivity contribution in [2.24, 2.45) is 11.7 Å². The Balaban J connectivity index is 2.08. The molecule has 0 aromatic rings. The first kappa shape index (κ1) is 15.1. The fraction of sp³-hybridized carbons (Fsp3) is 0.933. The molecule has 2 rings (SSSR count). The van der Waals surface area contributed by atoms with Crippen LogP contribution >= 0.6 is 0 Å². The summed E-state index contributed by atoms with van der Waals surface area (Å²) in [6, 6.07) is 0. The van der Waals surface area contributed by atoms with Gasteiger partial charge in [-0.3, -0.25) is 4.79 Å². The van der Waals surface area contributed by atoms with Crippen LogP contribution in [0, 0.1) is 5.92 Å². The summed E-state index contributed by atoms with van der Waals surface area (Å²) in [6.45, 7) is 10.4. The minimum Gasteiger partial charge on any atom is -0.370 e. The smallest absolute Gasteiger partial charge is 0.213 e. The van der Waals surface area contributed by atoms with Gasteiger partial charge in [0.1, 0.15) is 0 Å². The molecule has 2 heterocycles. The largest absolute Gasteiger partial charge is 0.370 e. The maximum Gasteiger partial charge on any atom is 0.213 e. The van der Waals surface area contributed by atoms with E-state index in [0.29, 0.717) is 12.6 Å². The van der Waals surface area contributed by atoms with Gasteiger partial charge < -0.3 is 5.73 Å². The first-order valence-corrected chi connectivity index (χ1v) is 11.7. The molecule has 4 heteroatoms.